The van der Waals surface area contributed by atoms with Crippen LogP contribution in [0.4, 0.5) is 0 Å². The smallest absolute Gasteiger partial charge is 0.178 e. The van der Waals surface area contributed by atoms with Crippen molar-refractivity contribution in [1.29, 1.82) is 0 Å². The fourth-order valence-electron chi connectivity index (χ4n) is 6.97. The van der Waals surface area contributed by atoms with Gasteiger partial charge >= 0.3 is 0 Å². The van der Waals surface area contributed by atoms with Crippen molar-refractivity contribution in [3.8, 4) is 0 Å². The third kappa shape index (κ3) is 2.24. The first-order chi connectivity index (χ1) is 12.7. The molecule has 0 amide bonds. The van der Waals surface area contributed by atoms with Gasteiger partial charge < -0.3 is 5.11 Å². The molecule has 4 aliphatic carbocycles. The Balaban J connectivity index is 1.80. The molecule has 0 aromatic carbocycles. The Morgan fingerprint density at radius 2 is 2.04 bits per heavy atom. The summed E-state index contributed by atoms with van der Waals surface area (Å²) in [6, 6.07) is 0. The summed E-state index contributed by atoms with van der Waals surface area (Å²) in [5.41, 5.74) is 0.870. The zero-order valence-corrected chi connectivity index (χ0v) is 17.0. The Morgan fingerprint density at radius 1 is 1.30 bits per heavy atom. The molecule has 0 saturated heterocycles. The number of aliphatic hydroxyl groups is 1. The molecule has 3 heteroatoms. The standard InChI is InChI=1S/C24H32O3/c1-5-15-14-20-18-8-7-16-13-17(25)9-11-22(16,3)19(18)10-12-23(20,4)24(15,27)21(26)6-2/h9-11,13,15,18,20,27H,5-8,12,14H2,1-4H3/t15-,18?,20?,22-,23-,24-/m0/s1. The van der Waals surface area contributed by atoms with Crippen LogP contribution in [-0.4, -0.2) is 22.3 Å². The first-order valence-corrected chi connectivity index (χ1v) is 10.6. The molecule has 27 heavy (non-hydrogen) atoms. The molecule has 4 rings (SSSR count). The van der Waals surface area contributed by atoms with E-state index in [1.165, 1.54) is 11.1 Å². The molecule has 0 radical (unpaired) electrons. The number of allylic oxidation sites excluding steroid dienone is 6. The van der Waals surface area contributed by atoms with E-state index in [9.17, 15) is 14.7 Å². The highest BCUT2D eigenvalue weighted by atomic mass is 16.3. The van der Waals surface area contributed by atoms with Gasteiger partial charge in [0.2, 0.25) is 0 Å². The van der Waals surface area contributed by atoms with Crippen molar-refractivity contribution in [2.24, 2.45) is 28.6 Å². The number of fused-ring (bicyclic) bond motifs is 5. The Labute approximate surface area is 162 Å². The molecule has 146 valence electrons. The predicted octanol–water partition coefficient (Wildman–Crippen LogP) is 4.56. The van der Waals surface area contributed by atoms with Crippen molar-refractivity contribution < 1.29 is 14.7 Å². The van der Waals surface area contributed by atoms with Crippen molar-refractivity contribution in [3.05, 3.63) is 35.5 Å². The van der Waals surface area contributed by atoms with Crippen LogP contribution in [0.15, 0.2) is 35.5 Å². The molecule has 4 aliphatic rings. The highest BCUT2D eigenvalue weighted by Crippen LogP contribution is 2.67. The minimum Gasteiger partial charge on any atom is -0.381 e. The van der Waals surface area contributed by atoms with Crippen LogP contribution in [0.1, 0.15) is 66.2 Å². The van der Waals surface area contributed by atoms with Gasteiger partial charge in [0.25, 0.3) is 0 Å². The van der Waals surface area contributed by atoms with Crippen molar-refractivity contribution in [2.45, 2.75) is 71.8 Å². The topological polar surface area (TPSA) is 54.4 Å². The van der Waals surface area contributed by atoms with Gasteiger partial charge in [-0.1, -0.05) is 50.5 Å². The molecule has 0 spiro atoms. The number of Topliss-reactive ketones (excluding diaryl/α,β-unsaturated/α-hetero) is 1. The largest absolute Gasteiger partial charge is 0.381 e. The lowest BCUT2D eigenvalue weighted by Crippen LogP contribution is -2.56. The van der Waals surface area contributed by atoms with Gasteiger partial charge in [-0.05, 0) is 62.5 Å². The molecule has 2 saturated carbocycles. The number of hydrogen-bond acceptors (Lipinski definition) is 3. The monoisotopic (exact) mass is 368 g/mol. The molecular weight excluding hydrogens is 336 g/mol. The maximum atomic E-state index is 12.9. The van der Waals surface area contributed by atoms with E-state index in [4.69, 9.17) is 0 Å². The predicted molar refractivity (Wildman–Crippen MR) is 106 cm³/mol. The van der Waals surface area contributed by atoms with Gasteiger partial charge in [0.1, 0.15) is 5.60 Å². The SMILES string of the molecule is CCC(=O)[C@@]1(O)[C@@H](CC)CC2C3CCC4=CC(=O)C=C[C@]4(C)C3=CC[C@@]21C. The average Bonchev–Trinajstić information content (AvgIpc) is 2.90. The molecule has 0 aromatic heterocycles. The Morgan fingerprint density at radius 3 is 2.70 bits per heavy atom. The van der Waals surface area contributed by atoms with Crippen LogP contribution in [-0.2, 0) is 9.59 Å². The summed E-state index contributed by atoms with van der Waals surface area (Å²) < 4.78 is 0. The van der Waals surface area contributed by atoms with E-state index < -0.39 is 5.60 Å². The quantitative estimate of drug-likeness (QED) is 0.743. The number of carbonyl (C=O) groups is 2. The minimum atomic E-state index is -1.21. The summed E-state index contributed by atoms with van der Waals surface area (Å²) in [5, 5.41) is 11.7. The van der Waals surface area contributed by atoms with Gasteiger partial charge in [-0.15, -0.1) is 0 Å². The first kappa shape index (κ1) is 18.9. The second kappa shape index (κ2) is 6.01. The van der Waals surface area contributed by atoms with Crippen molar-refractivity contribution in [2.75, 3.05) is 0 Å². The number of hydrogen-bond donors (Lipinski definition) is 1. The van der Waals surface area contributed by atoms with E-state index in [0.29, 0.717) is 18.3 Å². The van der Waals surface area contributed by atoms with Crippen molar-refractivity contribution in [3.63, 3.8) is 0 Å². The number of ketones is 2. The molecule has 0 aliphatic heterocycles. The van der Waals surface area contributed by atoms with Crippen molar-refractivity contribution >= 4 is 11.6 Å². The summed E-state index contributed by atoms with van der Waals surface area (Å²) >= 11 is 0. The van der Waals surface area contributed by atoms with E-state index >= 15 is 0 Å². The number of carbonyl (C=O) groups excluding carboxylic acids is 2. The normalized spacial score (nSPS) is 45.5. The average molecular weight is 369 g/mol. The fourth-order valence-corrected chi connectivity index (χ4v) is 6.97. The lowest BCUT2D eigenvalue weighted by molar-refractivity contribution is -0.159. The summed E-state index contributed by atoms with van der Waals surface area (Å²) in [6.45, 7) is 8.36. The van der Waals surface area contributed by atoms with Crippen LogP contribution < -0.4 is 0 Å². The fraction of sp³-hybridized carbons (Fsp3) is 0.667. The highest BCUT2D eigenvalue weighted by Gasteiger charge is 2.67. The molecular formula is C24H32O3. The van der Waals surface area contributed by atoms with Crippen LogP contribution in [0.5, 0.6) is 0 Å². The Kier molecular flexibility index (Phi) is 4.20. The van der Waals surface area contributed by atoms with Crippen molar-refractivity contribution in [1.82, 2.24) is 0 Å². The van der Waals surface area contributed by atoms with Crippen LogP contribution >= 0.6 is 0 Å². The van der Waals surface area contributed by atoms with E-state index in [2.05, 4.69) is 32.9 Å². The lowest BCUT2D eigenvalue weighted by Gasteiger charge is -2.53. The highest BCUT2D eigenvalue weighted by molar-refractivity contribution is 6.01. The Hall–Kier alpha value is -1.48. The zero-order valence-electron chi connectivity index (χ0n) is 17.0. The molecule has 3 nitrogen and oxygen atoms in total. The van der Waals surface area contributed by atoms with Gasteiger partial charge in [-0.3, -0.25) is 9.59 Å². The van der Waals surface area contributed by atoms with E-state index in [1.54, 1.807) is 6.08 Å². The maximum absolute atomic E-state index is 12.9. The van der Waals surface area contributed by atoms with Crippen LogP contribution in [0.25, 0.3) is 0 Å². The molecule has 2 unspecified atom stereocenters. The van der Waals surface area contributed by atoms with Gasteiger partial charge in [0.15, 0.2) is 11.6 Å². The maximum Gasteiger partial charge on any atom is 0.178 e. The van der Waals surface area contributed by atoms with E-state index in [-0.39, 0.29) is 28.3 Å². The second-order valence-electron chi connectivity index (χ2n) is 9.52. The zero-order chi connectivity index (χ0) is 19.6. The minimum absolute atomic E-state index is 0.0157. The van der Waals surface area contributed by atoms with Gasteiger partial charge in [-0.25, -0.2) is 0 Å². The van der Waals surface area contributed by atoms with E-state index in [1.807, 2.05) is 13.0 Å². The lowest BCUT2D eigenvalue weighted by atomic mass is 9.51. The van der Waals surface area contributed by atoms with Gasteiger partial charge in [0.05, 0.1) is 0 Å². The van der Waals surface area contributed by atoms with E-state index in [0.717, 1.165) is 32.1 Å². The third-order valence-electron chi connectivity index (χ3n) is 8.58. The molecule has 0 aromatic rings. The summed E-state index contributed by atoms with van der Waals surface area (Å²) in [5.74, 6) is 0.865. The number of rotatable bonds is 3. The van der Waals surface area contributed by atoms with Crippen LogP contribution in [0, 0.1) is 28.6 Å². The van der Waals surface area contributed by atoms with Gasteiger partial charge in [0, 0.05) is 17.3 Å². The Bertz CT molecular complexity index is 787. The summed E-state index contributed by atoms with van der Waals surface area (Å²) in [6.07, 6.45) is 12.8. The van der Waals surface area contributed by atoms with Crippen LogP contribution in [0.2, 0.25) is 0 Å². The molecule has 6 atom stereocenters. The first-order valence-electron chi connectivity index (χ1n) is 10.6. The second-order valence-corrected chi connectivity index (χ2v) is 9.52. The summed E-state index contributed by atoms with van der Waals surface area (Å²) in [4.78, 5) is 24.8. The van der Waals surface area contributed by atoms with Crippen LogP contribution in [0.3, 0.4) is 0 Å². The third-order valence-corrected chi connectivity index (χ3v) is 8.58. The molecule has 0 heterocycles. The molecule has 2 fully saturated rings. The molecule has 0 bridgehead atoms. The van der Waals surface area contributed by atoms with Gasteiger partial charge in [-0.2, -0.15) is 0 Å². The summed E-state index contributed by atoms with van der Waals surface area (Å²) in [7, 11) is 0. The molecule has 1 N–H and O–H groups in total.